The van der Waals surface area contributed by atoms with Crippen LogP contribution in [0.2, 0.25) is 0 Å². The molecule has 1 atom stereocenters. The maximum absolute atomic E-state index is 12.1. The van der Waals surface area contributed by atoms with Gasteiger partial charge in [-0.25, -0.2) is 4.39 Å². The summed E-state index contributed by atoms with van der Waals surface area (Å²) in [5, 5.41) is 0. The average molecular weight is 131 g/mol. The van der Waals surface area contributed by atoms with Gasteiger partial charge in [-0.2, -0.15) is 0 Å². The molecular weight excluding hydrogens is 117 g/mol. The van der Waals surface area contributed by atoms with Gasteiger partial charge in [0.1, 0.15) is 0 Å². The fourth-order valence-corrected chi connectivity index (χ4v) is 0.473. The van der Waals surface area contributed by atoms with E-state index in [9.17, 15) is 4.39 Å². The first-order chi connectivity index (χ1) is 4.16. The summed E-state index contributed by atoms with van der Waals surface area (Å²) in [6, 6.07) is 0. The number of halogens is 1. The fraction of sp³-hybridized carbons (Fsp3) is 0.714. The predicted octanol–water partition coefficient (Wildman–Crippen LogP) is 1.81. The van der Waals surface area contributed by atoms with Crippen molar-refractivity contribution in [1.82, 2.24) is 4.90 Å². The van der Waals surface area contributed by atoms with E-state index < -0.39 is 6.17 Å². The predicted molar refractivity (Wildman–Crippen MR) is 38.0 cm³/mol. The lowest BCUT2D eigenvalue weighted by Crippen LogP contribution is -2.14. The van der Waals surface area contributed by atoms with Gasteiger partial charge in [0.05, 0.1) is 6.17 Å². The van der Waals surface area contributed by atoms with Crippen molar-refractivity contribution in [3.8, 4) is 0 Å². The van der Waals surface area contributed by atoms with Crippen molar-refractivity contribution in [2.75, 3.05) is 13.6 Å². The Morgan fingerprint density at radius 2 is 2.33 bits per heavy atom. The zero-order valence-electron chi connectivity index (χ0n) is 6.10. The van der Waals surface area contributed by atoms with E-state index in [4.69, 9.17) is 0 Å². The smallest absolute Gasteiger partial charge is 0.0990 e. The van der Waals surface area contributed by atoms with Crippen LogP contribution in [0, 0.1) is 0 Å². The lowest BCUT2D eigenvalue weighted by atomic mass is 10.3. The summed E-state index contributed by atoms with van der Waals surface area (Å²) in [6.45, 7) is 5.86. The lowest BCUT2D eigenvalue weighted by Gasteiger charge is -2.12. The van der Waals surface area contributed by atoms with Crippen LogP contribution in [0.15, 0.2) is 12.8 Å². The summed E-state index contributed by atoms with van der Waals surface area (Å²) in [7, 11) is 1.88. The highest BCUT2D eigenvalue weighted by Crippen LogP contribution is 1.96. The van der Waals surface area contributed by atoms with Crippen LogP contribution in [0.4, 0.5) is 4.39 Å². The maximum Gasteiger partial charge on any atom is 0.0990 e. The van der Waals surface area contributed by atoms with Gasteiger partial charge in [-0.3, -0.25) is 0 Å². The number of hydrogen-bond acceptors (Lipinski definition) is 1. The van der Waals surface area contributed by atoms with E-state index in [0.717, 1.165) is 6.54 Å². The van der Waals surface area contributed by atoms with E-state index in [0.29, 0.717) is 6.42 Å². The highest BCUT2D eigenvalue weighted by molar-refractivity contribution is 4.66. The second kappa shape index (κ2) is 4.36. The molecule has 2 heteroatoms. The molecule has 0 bridgehead atoms. The molecule has 0 spiro atoms. The van der Waals surface area contributed by atoms with Gasteiger partial charge in [0.25, 0.3) is 0 Å². The Kier molecular flexibility index (Phi) is 4.10. The van der Waals surface area contributed by atoms with Crippen LogP contribution < -0.4 is 0 Å². The summed E-state index contributed by atoms with van der Waals surface area (Å²) in [4.78, 5) is 1.87. The van der Waals surface area contributed by atoms with Crippen molar-refractivity contribution in [1.29, 1.82) is 0 Å². The monoisotopic (exact) mass is 131 g/mol. The summed E-state index contributed by atoms with van der Waals surface area (Å²) >= 11 is 0. The zero-order valence-corrected chi connectivity index (χ0v) is 6.10. The van der Waals surface area contributed by atoms with Gasteiger partial charge >= 0.3 is 0 Å². The molecule has 0 aromatic carbocycles. The largest absolute Gasteiger partial charge is 0.381 e. The zero-order chi connectivity index (χ0) is 7.28. The Morgan fingerprint density at radius 3 is 2.67 bits per heavy atom. The van der Waals surface area contributed by atoms with Crippen molar-refractivity contribution in [2.24, 2.45) is 0 Å². The molecule has 0 aromatic rings. The normalized spacial score (nSPS) is 12.8. The molecule has 0 amide bonds. The third-order valence-corrected chi connectivity index (χ3v) is 1.19. The first-order valence-corrected chi connectivity index (χ1v) is 3.13. The van der Waals surface area contributed by atoms with Crippen molar-refractivity contribution in [3.05, 3.63) is 12.8 Å². The Bertz CT molecular complexity index is 81.0. The highest BCUT2D eigenvalue weighted by Gasteiger charge is 1.97. The molecule has 0 saturated carbocycles. The van der Waals surface area contributed by atoms with Gasteiger partial charge < -0.3 is 4.90 Å². The van der Waals surface area contributed by atoms with E-state index in [1.165, 1.54) is 0 Å². The molecule has 0 radical (unpaired) electrons. The molecule has 0 aliphatic heterocycles. The lowest BCUT2D eigenvalue weighted by molar-refractivity contribution is 0.304. The Labute approximate surface area is 56.2 Å². The third-order valence-electron chi connectivity index (χ3n) is 1.19. The summed E-state index contributed by atoms with van der Waals surface area (Å²) in [6.07, 6.45) is 1.58. The van der Waals surface area contributed by atoms with Crippen LogP contribution in [-0.2, 0) is 0 Å². The Morgan fingerprint density at radius 1 is 1.78 bits per heavy atom. The van der Waals surface area contributed by atoms with Gasteiger partial charge in [0.2, 0.25) is 0 Å². The van der Waals surface area contributed by atoms with Gasteiger partial charge in [-0.1, -0.05) is 6.58 Å². The first-order valence-electron chi connectivity index (χ1n) is 3.13. The summed E-state index contributed by atoms with van der Waals surface area (Å²) in [5.74, 6) is 0. The molecule has 0 aliphatic carbocycles. The standard InChI is InChI=1S/C7H14FN/c1-4-9(3)6-5-7(2)8/h4,7H,1,5-6H2,2-3H3. The average Bonchev–Trinajstić information content (AvgIpc) is 1.83. The number of alkyl halides is 1. The third kappa shape index (κ3) is 5.34. The van der Waals surface area contributed by atoms with Gasteiger partial charge in [0.15, 0.2) is 0 Å². The fourth-order valence-electron chi connectivity index (χ4n) is 0.473. The molecule has 0 rings (SSSR count). The van der Waals surface area contributed by atoms with E-state index in [-0.39, 0.29) is 0 Å². The van der Waals surface area contributed by atoms with Gasteiger partial charge in [-0.15, -0.1) is 0 Å². The van der Waals surface area contributed by atoms with E-state index >= 15 is 0 Å². The van der Waals surface area contributed by atoms with Crippen molar-refractivity contribution < 1.29 is 4.39 Å². The molecule has 0 aliphatic rings. The molecule has 9 heavy (non-hydrogen) atoms. The molecule has 0 aromatic heterocycles. The molecule has 1 nitrogen and oxygen atoms in total. The SMILES string of the molecule is C=CN(C)CCC(C)F. The van der Waals surface area contributed by atoms with E-state index in [1.807, 2.05) is 11.9 Å². The van der Waals surface area contributed by atoms with Gasteiger partial charge in [0, 0.05) is 13.6 Å². The van der Waals surface area contributed by atoms with Gasteiger partial charge in [-0.05, 0) is 19.5 Å². The van der Waals surface area contributed by atoms with E-state index in [1.54, 1.807) is 13.1 Å². The molecule has 0 saturated heterocycles. The molecule has 0 heterocycles. The summed E-state index contributed by atoms with van der Waals surface area (Å²) in [5.41, 5.74) is 0. The number of nitrogens with zero attached hydrogens (tertiary/aromatic N) is 1. The Hall–Kier alpha value is -0.530. The van der Waals surface area contributed by atoms with Crippen molar-refractivity contribution >= 4 is 0 Å². The van der Waals surface area contributed by atoms with E-state index in [2.05, 4.69) is 6.58 Å². The van der Waals surface area contributed by atoms with Crippen LogP contribution in [0.25, 0.3) is 0 Å². The topological polar surface area (TPSA) is 3.24 Å². The molecule has 1 unspecified atom stereocenters. The maximum atomic E-state index is 12.1. The van der Waals surface area contributed by atoms with Crippen molar-refractivity contribution in [2.45, 2.75) is 19.5 Å². The minimum absolute atomic E-state index is 0.586. The summed E-state index contributed by atoms with van der Waals surface area (Å²) < 4.78 is 12.1. The molecular formula is C7H14FN. The second-order valence-corrected chi connectivity index (χ2v) is 2.23. The minimum Gasteiger partial charge on any atom is -0.381 e. The van der Waals surface area contributed by atoms with Crippen LogP contribution in [0.1, 0.15) is 13.3 Å². The van der Waals surface area contributed by atoms with Crippen LogP contribution in [-0.4, -0.2) is 24.7 Å². The molecule has 0 fully saturated rings. The molecule has 0 N–H and O–H groups in total. The van der Waals surface area contributed by atoms with Crippen LogP contribution in [0.3, 0.4) is 0 Å². The number of rotatable bonds is 4. The first kappa shape index (κ1) is 8.47. The van der Waals surface area contributed by atoms with Crippen molar-refractivity contribution in [3.63, 3.8) is 0 Å². The minimum atomic E-state index is -0.701. The molecule has 54 valence electrons. The second-order valence-electron chi connectivity index (χ2n) is 2.23. The quantitative estimate of drug-likeness (QED) is 0.562. The Balaban J connectivity index is 3.16. The number of hydrogen-bond donors (Lipinski definition) is 0. The van der Waals surface area contributed by atoms with Crippen LogP contribution in [0.5, 0.6) is 0 Å². The highest BCUT2D eigenvalue weighted by atomic mass is 19.1. The van der Waals surface area contributed by atoms with Crippen LogP contribution >= 0.6 is 0 Å².